The number of hydrogen-bond donors (Lipinski definition) is 8. The number of β-amino-alcohol motifs (C(OH)–C–C–N with tert-alkyl or cyclic N) is 2. The molecule has 12 nitrogen and oxygen atoms in total. The van der Waals surface area contributed by atoms with Gasteiger partial charge in [0.05, 0.1) is 50.7 Å². The summed E-state index contributed by atoms with van der Waals surface area (Å²) in [5.41, 5.74) is 0.534. The average molecular weight is 659 g/mol. The second kappa shape index (κ2) is 16.5. The van der Waals surface area contributed by atoms with Gasteiger partial charge in [-0.2, -0.15) is 0 Å². The van der Waals surface area contributed by atoms with Gasteiger partial charge in [0.15, 0.2) is 0 Å². The molecule has 2 aliphatic heterocycles. The second-order valence-corrected chi connectivity index (χ2v) is 15.8. The lowest BCUT2D eigenvalue weighted by Crippen LogP contribution is -2.62. The standard InChI is InChI=1S/C34H62N2O10/c37-18-25-29(41)31(43)27(39)16-35(25)7-3-1-5-9-45-21-33-12-23-11-24(13-33)15-34(14-23,20-33)22-46-10-6-2-4-8-36-17-28(40)32(44)30(42)26(36)19-38/h23-32,37-44H,1-22H2/t23?,24?,25-,26-,27+,28+,29-,30-,31-,32-,33?,34?/m1/s1. The molecule has 8 atom stereocenters. The number of likely N-dealkylation sites (tertiary alicyclic amines) is 2. The number of nitrogens with zero attached hydrogens (tertiary/aromatic N) is 2. The highest BCUT2D eigenvalue weighted by molar-refractivity contribution is 5.07. The first-order valence-electron chi connectivity index (χ1n) is 18.0. The van der Waals surface area contributed by atoms with Gasteiger partial charge in [-0.3, -0.25) is 9.80 Å². The van der Waals surface area contributed by atoms with Crippen molar-refractivity contribution < 1.29 is 50.3 Å². The Morgan fingerprint density at radius 1 is 0.543 bits per heavy atom. The molecule has 4 aliphatic carbocycles. The number of ether oxygens (including phenoxy) is 2. The molecule has 6 aliphatic rings. The molecule has 6 rings (SSSR count). The third-order valence-electron chi connectivity index (χ3n) is 12.0. The van der Waals surface area contributed by atoms with E-state index in [1.165, 1.54) is 38.5 Å². The Labute approximate surface area is 274 Å². The number of aliphatic hydroxyl groups excluding tert-OH is 8. The third kappa shape index (κ3) is 8.62. The zero-order chi connectivity index (χ0) is 32.9. The van der Waals surface area contributed by atoms with Crippen LogP contribution in [0.25, 0.3) is 0 Å². The summed E-state index contributed by atoms with van der Waals surface area (Å²) in [5, 5.41) is 79.5. The van der Waals surface area contributed by atoms with E-state index in [0.717, 1.165) is 76.8 Å². The number of unbranched alkanes of at least 4 members (excludes halogenated alkanes) is 4. The normalized spacial score (nSPS) is 43.0. The van der Waals surface area contributed by atoms with Gasteiger partial charge < -0.3 is 50.3 Å². The van der Waals surface area contributed by atoms with Crippen molar-refractivity contribution in [3.63, 3.8) is 0 Å². The van der Waals surface area contributed by atoms with Gasteiger partial charge in [-0.25, -0.2) is 0 Å². The fourth-order valence-electron chi connectivity index (χ4n) is 10.2. The number of aliphatic hydroxyl groups is 8. The van der Waals surface area contributed by atoms with Crippen LogP contribution < -0.4 is 0 Å². The van der Waals surface area contributed by atoms with E-state index in [4.69, 9.17) is 9.47 Å². The van der Waals surface area contributed by atoms with Gasteiger partial charge in [0, 0.05) is 26.3 Å². The van der Waals surface area contributed by atoms with Crippen LogP contribution >= 0.6 is 0 Å². The van der Waals surface area contributed by atoms with Crippen LogP contribution in [0.5, 0.6) is 0 Å². The summed E-state index contributed by atoms with van der Waals surface area (Å²) in [4.78, 5) is 3.77. The largest absolute Gasteiger partial charge is 0.395 e. The molecule has 2 heterocycles. The number of rotatable bonds is 18. The van der Waals surface area contributed by atoms with Crippen molar-refractivity contribution in [3.05, 3.63) is 0 Å². The Hall–Kier alpha value is -0.480. The van der Waals surface area contributed by atoms with Gasteiger partial charge in [0.2, 0.25) is 0 Å². The molecule has 0 unspecified atom stereocenters. The van der Waals surface area contributed by atoms with E-state index in [2.05, 4.69) is 0 Å². The van der Waals surface area contributed by atoms with E-state index in [1.807, 2.05) is 9.80 Å². The molecule has 4 bridgehead atoms. The van der Waals surface area contributed by atoms with Crippen LogP contribution in [0.4, 0.5) is 0 Å². The summed E-state index contributed by atoms with van der Waals surface area (Å²) in [5.74, 6) is 1.55. The van der Waals surface area contributed by atoms with E-state index in [1.54, 1.807) is 0 Å². The summed E-state index contributed by atoms with van der Waals surface area (Å²) in [6, 6.07) is -1.09. The first-order chi connectivity index (χ1) is 22.1. The Kier molecular flexibility index (Phi) is 13.2. The Bertz CT molecular complexity index is 848. The van der Waals surface area contributed by atoms with Gasteiger partial charge >= 0.3 is 0 Å². The summed E-state index contributed by atoms with van der Waals surface area (Å²) in [6.07, 6.45) is 6.46. The van der Waals surface area contributed by atoms with Gasteiger partial charge in [-0.15, -0.1) is 0 Å². The molecule has 6 fully saturated rings. The third-order valence-corrected chi connectivity index (χ3v) is 12.0. The molecule has 0 spiro atoms. The monoisotopic (exact) mass is 658 g/mol. The van der Waals surface area contributed by atoms with Crippen LogP contribution in [0.3, 0.4) is 0 Å². The van der Waals surface area contributed by atoms with Gasteiger partial charge in [0.1, 0.15) is 24.4 Å². The predicted octanol–water partition coefficient (Wildman–Crippen LogP) is -0.535. The lowest BCUT2D eigenvalue weighted by Gasteiger charge is -2.62. The maximum Gasteiger partial charge on any atom is 0.109 e. The molecule has 0 aromatic heterocycles. The highest BCUT2D eigenvalue weighted by Gasteiger charge is 2.57. The van der Waals surface area contributed by atoms with E-state index in [-0.39, 0.29) is 37.1 Å². The lowest BCUT2D eigenvalue weighted by molar-refractivity contribution is -0.161. The highest BCUT2D eigenvalue weighted by Crippen LogP contribution is 2.65. The zero-order valence-corrected chi connectivity index (χ0v) is 27.6. The SMILES string of the molecule is OC[C@@H]1[C@@H](O)[C@H](O)[C@@H](O)CN1CCCCCOCC12CC3CC(C1)CC(COCCCCCN1C[C@H](O)[C@@H](O)[C@H](O)[C@H]1CO)(C3)C2. The topological polar surface area (TPSA) is 187 Å². The molecule has 0 amide bonds. The number of hydrogen-bond acceptors (Lipinski definition) is 12. The smallest absolute Gasteiger partial charge is 0.109 e. The summed E-state index contributed by atoms with van der Waals surface area (Å²) < 4.78 is 12.7. The van der Waals surface area contributed by atoms with Crippen LogP contribution in [0.1, 0.15) is 77.0 Å². The Morgan fingerprint density at radius 3 is 1.35 bits per heavy atom. The van der Waals surface area contributed by atoms with Crippen LogP contribution in [-0.4, -0.2) is 165 Å². The number of piperidine rings is 2. The highest BCUT2D eigenvalue weighted by atomic mass is 16.5. The fourth-order valence-corrected chi connectivity index (χ4v) is 10.2. The van der Waals surface area contributed by atoms with Gasteiger partial charge in [-0.1, -0.05) is 0 Å². The van der Waals surface area contributed by atoms with Crippen LogP contribution in [0.2, 0.25) is 0 Å². The molecule has 8 N–H and O–H groups in total. The predicted molar refractivity (Wildman–Crippen MR) is 170 cm³/mol. The molecule has 268 valence electrons. The quantitative estimate of drug-likeness (QED) is 0.0882. The molecule has 4 saturated carbocycles. The Morgan fingerprint density at radius 2 is 0.957 bits per heavy atom. The van der Waals surface area contributed by atoms with Crippen LogP contribution in [0.15, 0.2) is 0 Å². The fraction of sp³-hybridized carbons (Fsp3) is 1.00. The lowest BCUT2D eigenvalue weighted by atomic mass is 9.44. The van der Waals surface area contributed by atoms with Crippen molar-refractivity contribution in [2.24, 2.45) is 22.7 Å². The molecule has 46 heavy (non-hydrogen) atoms. The summed E-state index contributed by atoms with van der Waals surface area (Å²) >= 11 is 0. The molecule has 0 radical (unpaired) electrons. The molecule has 0 aromatic carbocycles. The van der Waals surface area contributed by atoms with Crippen molar-refractivity contribution >= 4 is 0 Å². The summed E-state index contributed by atoms with van der Waals surface area (Å²) in [7, 11) is 0. The van der Waals surface area contributed by atoms with Crippen molar-refractivity contribution in [1.29, 1.82) is 0 Å². The van der Waals surface area contributed by atoms with E-state index < -0.39 is 48.7 Å². The van der Waals surface area contributed by atoms with E-state index in [9.17, 15) is 40.9 Å². The molecule has 12 heteroatoms. The first kappa shape index (κ1) is 36.8. The van der Waals surface area contributed by atoms with E-state index >= 15 is 0 Å². The molecule has 0 aromatic rings. The molecular formula is C34H62N2O10. The maximum atomic E-state index is 10.2. The van der Waals surface area contributed by atoms with Gasteiger partial charge in [0.25, 0.3) is 0 Å². The van der Waals surface area contributed by atoms with Crippen LogP contribution in [-0.2, 0) is 9.47 Å². The Balaban J connectivity index is 0.963. The van der Waals surface area contributed by atoms with Crippen LogP contribution in [0, 0.1) is 22.7 Å². The zero-order valence-electron chi connectivity index (χ0n) is 27.6. The molecular weight excluding hydrogens is 596 g/mol. The van der Waals surface area contributed by atoms with E-state index in [0.29, 0.717) is 13.1 Å². The minimum Gasteiger partial charge on any atom is -0.395 e. The first-order valence-corrected chi connectivity index (χ1v) is 18.0. The molecule has 2 saturated heterocycles. The second-order valence-electron chi connectivity index (χ2n) is 15.8. The average Bonchev–Trinajstić information content (AvgIpc) is 3.01. The van der Waals surface area contributed by atoms with Crippen molar-refractivity contribution in [2.75, 3.05) is 65.8 Å². The van der Waals surface area contributed by atoms with Crippen molar-refractivity contribution in [2.45, 2.75) is 126 Å². The maximum absolute atomic E-state index is 10.2. The minimum atomic E-state index is -1.22. The van der Waals surface area contributed by atoms with Gasteiger partial charge in [-0.05, 0) is 113 Å². The summed E-state index contributed by atoms with van der Waals surface area (Å²) in [6.45, 7) is 4.42. The van der Waals surface area contributed by atoms with Crippen molar-refractivity contribution in [3.8, 4) is 0 Å². The minimum absolute atomic E-state index is 0.248. The van der Waals surface area contributed by atoms with Crippen molar-refractivity contribution in [1.82, 2.24) is 9.80 Å².